The molecule has 0 aliphatic carbocycles. The molecular formula is C12H24N2O. The molecule has 0 saturated carbocycles. The second-order valence-electron chi connectivity index (χ2n) is 5.15. The van der Waals surface area contributed by atoms with E-state index in [9.17, 15) is 0 Å². The average Bonchev–Trinajstić information content (AvgIpc) is 2.73. The molecule has 0 amide bonds. The van der Waals surface area contributed by atoms with Crippen LogP contribution < -0.4 is 5.73 Å². The van der Waals surface area contributed by atoms with Gasteiger partial charge in [-0.25, -0.2) is 0 Å². The lowest BCUT2D eigenvalue weighted by Crippen LogP contribution is -2.48. The van der Waals surface area contributed by atoms with Gasteiger partial charge in [0.25, 0.3) is 0 Å². The summed E-state index contributed by atoms with van der Waals surface area (Å²) in [6, 6.07) is 0.595. The molecule has 0 aromatic rings. The smallest absolute Gasteiger partial charge is 0.0702 e. The largest absolute Gasteiger partial charge is 0.377 e. The summed E-state index contributed by atoms with van der Waals surface area (Å²) in [6.07, 6.45) is 5.55. The van der Waals surface area contributed by atoms with Crippen molar-refractivity contribution in [1.82, 2.24) is 4.90 Å². The Kier molecular flexibility index (Phi) is 4.00. The first-order valence-electron chi connectivity index (χ1n) is 6.35. The summed E-state index contributed by atoms with van der Waals surface area (Å²) in [4.78, 5) is 2.55. The van der Waals surface area contributed by atoms with Gasteiger partial charge in [-0.2, -0.15) is 0 Å². The van der Waals surface area contributed by atoms with Gasteiger partial charge in [0.1, 0.15) is 0 Å². The highest BCUT2D eigenvalue weighted by atomic mass is 16.5. The van der Waals surface area contributed by atoms with Crippen LogP contribution in [0.25, 0.3) is 0 Å². The van der Waals surface area contributed by atoms with Gasteiger partial charge in [-0.1, -0.05) is 6.92 Å². The maximum Gasteiger partial charge on any atom is 0.0702 e. The van der Waals surface area contributed by atoms with Crippen molar-refractivity contribution in [1.29, 1.82) is 0 Å². The van der Waals surface area contributed by atoms with Gasteiger partial charge < -0.3 is 10.5 Å². The first-order valence-corrected chi connectivity index (χ1v) is 6.35. The van der Waals surface area contributed by atoms with Crippen LogP contribution in [-0.4, -0.2) is 43.3 Å². The zero-order chi connectivity index (χ0) is 10.7. The van der Waals surface area contributed by atoms with E-state index in [1.807, 2.05) is 0 Å². The Balaban J connectivity index is 1.83. The van der Waals surface area contributed by atoms with Gasteiger partial charge in [-0.15, -0.1) is 0 Å². The second kappa shape index (κ2) is 5.28. The highest BCUT2D eigenvalue weighted by Crippen LogP contribution is 2.24. The fraction of sp³-hybridized carbons (Fsp3) is 1.00. The molecule has 0 aromatic heterocycles. The maximum absolute atomic E-state index is 5.85. The second-order valence-corrected chi connectivity index (χ2v) is 5.15. The molecule has 2 fully saturated rings. The van der Waals surface area contributed by atoms with E-state index < -0.39 is 0 Å². The normalized spacial score (nSPS) is 38.4. The summed E-state index contributed by atoms with van der Waals surface area (Å²) < 4.78 is 5.69. The number of nitrogens with zero attached hydrogens (tertiary/aromatic N) is 1. The van der Waals surface area contributed by atoms with Crippen LogP contribution in [0.15, 0.2) is 0 Å². The number of hydrogen-bond donors (Lipinski definition) is 1. The van der Waals surface area contributed by atoms with Gasteiger partial charge in [0.15, 0.2) is 0 Å². The Bertz CT molecular complexity index is 192. The molecule has 0 bridgehead atoms. The summed E-state index contributed by atoms with van der Waals surface area (Å²) in [5.41, 5.74) is 5.85. The lowest BCUT2D eigenvalue weighted by molar-refractivity contribution is 0.0373. The third-order valence-corrected chi connectivity index (χ3v) is 3.83. The van der Waals surface area contributed by atoms with Gasteiger partial charge in [-0.3, -0.25) is 4.90 Å². The van der Waals surface area contributed by atoms with E-state index >= 15 is 0 Å². The molecule has 2 N–H and O–H groups in total. The van der Waals surface area contributed by atoms with Crippen LogP contribution in [0.4, 0.5) is 0 Å². The van der Waals surface area contributed by atoms with E-state index in [2.05, 4.69) is 11.8 Å². The van der Waals surface area contributed by atoms with Crippen molar-refractivity contribution in [2.75, 3.05) is 26.2 Å². The number of nitrogens with two attached hydrogens (primary N) is 1. The minimum Gasteiger partial charge on any atom is -0.377 e. The number of hydrogen-bond acceptors (Lipinski definition) is 3. The van der Waals surface area contributed by atoms with E-state index in [1.165, 1.54) is 32.2 Å². The van der Waals surface area contributed by atoms with Crippen molar-refractivity contribution in [2.45, 2.75) is 44.8 Å². The van der Waals surface area contributed by atoms with Gasteiger partial charge in [0.2, 0.25) is 0 Å². The topological polar surface area (TPSA) is 38.5 Å². The molecule has 3 unspecified atom stereocenters. The molecule has 0 radical (unpaired) electrons. The monoisotopic (exact) mass is 212 g/mol. The van der Waals surface area contributed by atoms with E-state index in [4.69, 9.17) is 10.5 Å². The van der Waals surface area contributed by atoms with Crippen LogP contribution in [0.5, 0.6) is 0 Å². The predicted molar refractivity (Wildman–Crippen MR) is 61.8 cm³/mol. The number of piperidine rings is 1. The molecule has 3 atom stereocenters. The molecule has 2 aliphatic rings. The van der Waals surface area contributed by atoms with Crippen LogP contribution >= 0.6 is 0 Å². The zero-order valence-electron chi connectivity index (χ0n) is 9.82. The lowest BCUT2D eigenvalue weighted by Gasteiger charge is -2.39. The number of ether oxygens (including phenoxy) is 1. The Hall–Kier alpha value is -0.120. The standard InChI is InChI=1S/C12H24N2O/c1-10-4-5-14(11(7-10)8-13)9-12-3-2-6-15-12/h10-12H,2-9,13H2,1H3. The van der Waals surface area contributed by atoms with Gasteiger partial charge in [0.05, 0.1) is 6.10 Å². The molecule has 3 nitrogen and oxygen atoms in total. The Morgan fingerprint density at radius 2 is 2.27 bits per heavy atom. The van der Waals surface area contributed by atoms with Crippen molar-refractivity contribution >= 4 is 0 Å². The predicted octanol–water partition coefficient (Wildman–Crippen LogP) is 1.22. The molecule has 15 heavy (non-hydrogen) atoms. The summed E-state index contributed by atoms with van der Waals surface area (Å²) in [5.74, 6) is 0.847. The van der Waals surface area contributed by atoms with Gasteiger partial charge >= 0.3 is 0 Å². The van der Waals surface area contributed by atoms with Crippen LogP contribution in [0.2, 0.25) is 0 Å². The van der Waals surface area contributed by atoms with E-state index in [0.29, 0.717) is 12.1 Å². The van der Waals surface area contributed by atoms with Crippen molar-refractivity contribution in [3.63, 3.8) is 0 Å². The van der Waals surface area contributed by atoms with Crippen molar-refractivity contribution in [3.8, 4) is 0 Å². The molecular weight excluding hydrogens is 188 g/mol. The fourth-order valence-corrected chi connectivity index (χ4v) is 2.84. The van der Waals surface area contributed by atoms with E-state index in [1.54, 1.807) is 0 Å². The first-order chi connectivity index (χ1) is 7.29. The summed E-state index contributed by atoms with van der Waals surface area (Å²) >= 11 is 0. The first kappa shape index (κ1) is 11.4. The van der Waals surface area contributed by atoms with Crippen molar-refractivity contribution in [3.05, 3.63) is 0 Å². The molecule has 3 heteroatoms. The average molecular weight is 212 g/mol. The molecule has 2 aliphatic heterocycles. The zero-order valence-corrected chi connectivity index (χ0v) is 9.82. The Morgan fingerprint density at radius 1 is 1.40 bits per heavy atom. The van der Waals surface area contributed by atoms with Crippen molar-refractivity contribution < 1.29 is 4.74 Å². The SMILES string of the molecule is CC1CCN(CC2CCCO2)C(CN)C1. The van der Waals surface area contributed by atoms with Crippen LogP contribution in [0.1, 0.15) is 32.6 Å². The van der Waals surface area contributed by atoms with Crippen LogP contribution in [0.3, 0.4) is 0 Å². The minimum absolute atomic E-state index is 0.479. The third kappa shape index (κ3) is 2.92. The molecule has 0 spiro atoms. The number of rotatable bonds is 3. The molecule has 0 aromatic carbocycles. The van der Waals surface area contributed by atoms with Gasteiger partial charge in [-0.05, 0) is 38.1 Å². The highest BCUT2D eigenvalue weighted by molar-refractivity contribution is 4.83. The van der Waals surface area contributed by atoms with Crippen molar-refractivity contribution in [2.24, 2.45) is 11.7 Å². The Morgan fingerprint density at radius 3 is 2.93 bits per heavy atom. The Labute approximate surface area is 93.0 Å². The molecule has 2 rings (SSSR count). The summed E-state index contributed by atoms with van der Waals surface area (Å²) in [7, 11) is 0. The summed E-state index contributed by atoms with van der Waals surface area (Å²) in [5, 5.41) is 0. The molecule has 88 valence electrons. The minimum atomic E-state index is 0.479. The summed E-state index contributed by atoms with van der Waals surface area (Å²) in [6.45, 7) is 6.42. The molecule has 2 saturated heterocycles. The highest BCUT2D eigenvalue weighted by Gasteiger charge is 2.28. The fourth-order valence-electron chi connectivity index (χ4n) is 2.84. The van der Waals surface area contributed by atoms with E-state index in [0.717, 1.165) is 25.6 Å². The maximum atomic E-state index is 5.85. The van der Waals surface area contributed by atoms with Crippen LogP contribution in [-0.2, 0) is 4.74 Å². The number of likely N-dealkylation sites (tertiary alicyclic amines) is 1. The molecule has 2 heterocycles. The van der Waals surface area contributed by atoms with Gasteiger partial charge in [0, 0.05) is 25.7 Å². The third-order valence-electron chi connectivity index (χ3n) is 3.83. The van der Waals surface area contributed by atoms with Crippen LogP contribution in [0, 0.1) is 5.92 Å². The van der Waals surface area contributed by atoms with E-state index in [-0.39, 0.29) is 0 Å². The quantitative estimate of drug-likeness (QED) is 0.764. The lowest BCUT2D eigenvalue weighted by atomic mass is 9.92.